The number of rotatable bonds is 11. The third-order valence-corrected chi connectivity index (χ3v) is 7.17. The minimum atomic E-state index is -4.92. The van der Waals surface area contributed by atoms with Crippen molar-refractivity contribution in [3.63, 3.8) is 0 Å². The average Bonchev–Trinajstić information content (AvgIpc) is 3.55. The zero-order valence-corrected chi connectivity index (χ0v) is 22.4. The van der Waals surface area contributed by atoms with Crippen molar-refractivity contribution in [2.75, 3.05) is 19.7 Å². The number of carbonyl (C=O) groups excluding carboxylic acids is 5. The number of hydrogen-bond acceptors (Lipinski definition) is 7. The largest absolute Gasteiger partial charge is 0.469 e. The van der Waals surface area contributed by atoms with Gasteiger partial charge in [-0.25, -0.2) is 4.57 Å². The Hall–Kier alpha value is -3.32. The van der Waals surface area contributed by atoms with E-state index in [1.54, 1.807) is 24.3 Å². The van der Waals surface area contributed by atoms with Gasteiger partial charge < -0.3 is 36.0 Å². The highest BCUT2D eigenvalue weighted by atomic mass is 31.2. The van der Waals surface area contributed by atoms with Crippen LogP contribution in [0.25, 0.3) is 0 Å². The molecule has 1 aromatic carbocycles. The molecule has 2 saturated heterocycles. The Morgan fingerprint density at radius 2 is 1.62 bits per heavy atom. The van der Waals surface area contributed by atoms with Gasteiger partial charge in [0.15, 0.2) is 0 Å². The van der Waals surface area contributed by atoms with Gasteiger partial charge in [0.05, 0.1) is 6.61 Å². The van der Waals surface area contributed by atoms with Gasteiger partial charge in [0.1, 0.15) is 24.2 Å². The third kappa shape index (κ3) is 8.33. The highest BCUT2D eigenvalue weighted by molar-refractivity contribution is 7.46. The van der Waals surface area contributed by atoms with Crippen molar-refractivity contribution in [2.24, 2.45) is 5.73 Å². The predicted molar refractivity (Wildman–Crippen MR) is 136 cm³/mol. The van der Waals surface area contributed by atoms with Crippen molar-refractivity contribution in [3.05, 3.63) is 35.9 Å². The maximum Gasteiger partial charge on any atom is 0.469 e. The molecule has 0 spiro atoms. The van der Waals surface area contributed by atoms with Crippen molar-refractivity contribution in [1.29, 1.82) is 0 Å². The van der Waals surface area contributed by atoms with E-state index in [1.165, 1.54) is 9.80 Å². The molecule has 0 unspecified atom stereocenters. The van der Waals surface area contributed by atoms with Gasteiger partial charge in [-0.05, 0) is 31.2 Å². The Bertz CT molecular complexity index is 1130. The van der Waals surface area contributed by atoms with Crippen LogP contribution in [0, 0.1) is 0 Å². The summed E-state index contributed by atoms with van der Waals surface area (Å²) in [5.74, 6) is -3.05. The molecule has 4 atom stereocenters. The van der Waals surface area contributed by atoms with Gasteiger partial charge in [-0.15, -0.1) is 0 Å². The van der Waals surface area contributed by atoms with E-state index in [-0.39, 0.29) is 19.5 Å². The molecule has 2 aliphatic heterocycles. The molecule has 0 bridgehead atoms. The molecular weight excluding hydrogens is 533 g/mol. The maximum absolute atomic E-state index is 13.6. The van der Waals surface area contributed by atoms with Crippen LogP contribution < -0.4 is 16.4 Å². The summed E-state index contributed by atoms with van der Waals surface area (Å²) >= 11 is 0. The lowest BCUT2D eigenvalue weighted by Crippen LogP contribution is -2.58. The molecule has 2 heterocycles. The van der Waals surface area contributed by atoms with E-state index in [0.29, 0.717) is 25.7 Å². The van der Waals surface area contributed by atoms with E-state index in [2.05, 4.69) is 15.2 Å². The summed E-state index contributed by atoms with van der Waals surface area (Å²) in [5, 5.41) is 4.97. The van der Waals surface area contributed by atoms with Crippen LogP contribution in [0.5, 0.6) is 0 Å². The molecule has 0 radical (unpaired) electrons. The summed E-state index contributed by atoms with van der Waals surface area (Å²) in [5.41, 5.74) is 6.33. The van der Waals surface area contributed by atoms with E-state index >= 15 is 0 Å². The molecule has 6 N–H and O–H groups in total. The number of primary amides is 1. The van der Waals surface area contributed by atoms with Gasteiger partial charge in [-0.3, -0.25) is 28.5 Å². The van der Waals surface area contributed by atoms with E-state index < -0.39 is 68.1 Å². The molecule has 15 heteroatoms. The fourth-order valence-electron chi connectivity index (χ4n) is 4.91. The molecule has 14 nitrogen and oxygen atoms in total. The lowest BCUT2D eigenvalue weighted by molar-refractivity contribution is -0.148. The van der Waals surface area contributed by atoms with Crippen LogP contribution in [0.2, 0.25) is 0 Å². The van der Waals surface area contributed by atoms with E-state index in [0.717, 1.165) is 12.5 Å². The Kier molecular flexibility index (Phi) is 10.2. The molecule has 39 heavy (non-hydrogen) atoms. The first-order chi connectivity index (χ1) is 18.4. The van der Waals surface area contributed by atoms with Crippen LogP contribution in [0.3, 0.4) is 0 Å². The Labute approximate surface area is 225 Å². The number of nitrogens with one attached hydrogen (secondary N) is 2. The van der Waals surface area contributed by atoms with Crippen molar-refractivity contribution >= 4 is 37.4 Å². The van der Waals surface area contributed by atoms with Crippen molar-refractivity contribution in [2.45, 2.75) is 63.2 Å². The SMILES string of the molecule is CC(=O)N[C@@H](COP(=O)(O)O)C(=O)N1CCC[C@H]1C(=O)N1CCC[C@H]1C(=O)N[C@@H](Cc1ccccc1)C(N)=O. The number of carbonyl (C=O) groups is 5. The number of nitrogens with zero attached hydrogens (tertiary/aromatic N) is 2. The van der Waals surface area contributed by atoms with Crippen LogP contribution in [0.1, 0.15) is 38.2 Å². The van der Waals surface area contributed by atoms with Gasteiger partial charge in [-0.2, -0.15) is 0 Å². The normalized spacial score (nSPS) is 20.8. The fourth-order valence-corrected chi connectivity index (χ4v) is 5.26. The summed E-state index contributed by atoms with van der Waals surface area (Å²) in [4.78, 5) is 84.3. The summed E-state index contributed by atoms with van der Waals surface area (Å²) in [6.45, 7) is 0.790. The van der Waals surface area contributed by atoms with Gasteiger partial charge in [0.25, 0.3) is 0 Å². The Morgan fingerprint density at radius 3 is 2.21 bits per heavy atom. The standard InChI is InChI=1S/C24H34N5O9P/c1-15(30)26-18(14-38-39(35,36)37)23(33)29-12-6-10-20(29)24(34)28-11-5-9-19(28)22(32)27-17(21(25)31)13-16-7-3-2-4-8-16/h2-4,7-8,17-20H,5-6,9-14H2,1H3,(H2,25,31)(H,26,30)(H,27,32)(H2,35,36,37)/t17-,18-,19-,20-/m0/s1. The first-order valence-corrected chi connectivity index (χ1v) is 14.1. The topological polar surface area (TPSA) is 209 Å². The molecular formula is C24H34N5O9P. The molecule has 0 aromatic heterocycles. The van der Waals surface area contributed by atoms with Gasteiger partial charge in [0, 0.05) is 26.4 Å². The lowest BCUT2D eigenvalue weighted by atomic mass is 10.0. The highest BCUT2D eigenvalue weighted by Crippen LogP contribution is 2.36. The van der Waals surface area contributed by atoms with Crippen LogP contribution in [-0.4, -0.2) is 93.0 Å². The minimum Gasteiger partial charge on any atom is -0.368 e. The second-order valence-corrected chi connectivity index (χ2v) is 10.8. The van der Waals surface area contributed by atoms with E-state index in [1.807, 2.05) is 6.07 Å². The summed E-state index contributed by atoms with van der Waals surface area (Å²) in [7, 11) is -4.92. The first kappa shape index (κ1) is 30.2. The van der Waals surface area contributed by atoms with Crippen molar-refractivity contribution in [3.8, 4) is 0 Å². The number of phosphoric ester groups is 1. The third-order valence-electron chi connectivity index (χ3n) is 6.69. The minimum absolute atomic E-state index is 0.173. The monoisotopic (exact) mass is 567 g/mol. The van der Waals surface area contributed by atoms with Crippen LogP contribution in [-0.2, 0) is 39.5 Å². The predicted octanol–water partition coefficient (Wildman–Crippen LogP) is -1.20. The zero-order chi connectivity index (χ0) is 28.7. The molecule has 5 amide bonds. The smallest absolute Gasteiger partial charge is 0.368 e. The molecule has 2 fully saturated rings. The van der Waals surface area contributed by atoms with Gasteiger partial charge in [-0.1, -0.05) is 30.3 Å². The summed E-state index contributed by atoms with van der Waals surface area (Å²) in [6, 6.07) is 4.84. The Morgan fingerprint density at radius 1 is 1.00 bits per heavy atom. The number of nitrogens with two attached hydrogens (primary N) is 1. The molecule has 214 valence electrons. The number of phosphoric acid groups is 1. The second kappa shape index (κ2) is 13.2. The van der Waals surface area contributed by atoms with Crippen LogP contribution in [0.4, 0.5) is 0 Å². The van der Waals surface area contributed by atoms with E-state index in [4.69, 9.17) is 15.5 Å². The molecule has 2 aliphatic rings. The molecule has 3 rings (SSSR count). The zero-order valence-electron chi connectivity index (χ0n) is 21.5. The summed E-state index contributed by atoms with van der Waals surface area (Å²) < 4.78 is 15.6. The van der Waals surface area contributed by atoms with Gasteiger partial charge in [0.2, 0.25) is 29.5 Å². The quantitative estimate of drug-likeness (QED) is 0.203. The van der Waals surface area contributed by atoms with Crippen molar-refractivity contribution < 1.29 is 42.8 Å². The fraction of sp³-hybridized carbons (Fsp3) is 0.542. The van der Waals surface area contributed by atoms with Crippen LogP contribution in [0.15, 0.2) is 30.3 Å². The molecule has 0 aliphatic carbocycles. The number of likely N-dealkylation sites (tertiary alicyclic amines) is 2. The maximum atomic E-state index is 13.6. The average molecular weight is 568 g/mol. The number of amides is 5. The number of benzene rings is 1. The molecule has 0 saturated carbocycles. The number of hydrogen-bond donors (Lipinski definition) is 5. The van der Waals surface area contributed by atoms with Gasteiger partial charge >= 0.3 is 7.82 Å². The first-order valence-electron chi connectivity index (χ1n) is 12.6. The summed E-state index contributed by atoms with van der Waals surface area (Å²) in [6.07, 6.45) is 1.86. The lowest BCUT2D eigenvalue weighted by Gasteiger charge is -2.33. The molecule has 1 aromatic rings. The second-order valence-electron chi connectivity index (χ2n) is 9.57. The highest BCUT2D eigenvalue weighted by Gasteiger charge is 2.44. The van der Waals surface area contributed by atoms with Crippen molar-refractivity contribution in [1.82, 2.24) is 20.4 Å². The Balaban J connectivity index is 1.71. The van der Waals surface area contributed by atoms with Crippen LogP contribution >= 0.6 is 7.82 Å². The van der Waals surface area contributed by atoms with E-state index in [9.17, 15) is 28.5 Å².